The molecule has 0 aromatic carbocycles. The summed E-state index contributed by atoms with van der Waals surface area (Å²) >= 11 is 0. The van der Waals surface area contributed by atoms with E-state index in [9.17, 15) is 0 Å². The minimum absolute atomic E-state index is 0.312. The maximum absolute atomic E-state index is 5.53. The second-order valence-corrected chi connectivity index (χ2v) is 6.83. The molecule has 0 spiro atoms. The molecule has 4 heterocycles. The van der Waals surface area contributed by atoms with Crippen molar-refractivity contribution in [1.29, 1.82) is 0 Å². The van der Waals surface area contributed by atoms with Crippen molar-refractivity contribution in [3.05, 3.63) is 42.0 Å². The highest BCUT2D eigenvalue weighted by atomic mass is 16.5. The van der Waals surface area contributed by atoms with Crippen LogP contribution in [0.1, 0.15) is 43.2 Å². The van der Waals surface area contributed by atoms with E-state index in [-0.39, 0.29) is 0 Å². The average Bonchev–Trinajstić information content (AvgIpc) is 3.13. The molecular weight excluding hydrogens is 314 g/mol. The van der Waals surface area contributed by atoms with E-state index in [0.29, 0.717) is 12.1 Å². The quantitative estimate of drug-likeness (QED) is 0.923. The second-order valence-electron chi connectivity index (χ2n) is 6.83. The van der Waals surface area contributed by atoms with E-state index in [1.165, 1.54) is 6.42 Å². The fraction of sp³-hybridized carbons (Fsp3) is 0.526. The van der Waals surface area contributed by atoms with E-state index in [1.54, 1.807) is 6.20 Å². The molecule has 2 aliphatic heterocycles. The number of nitrogens with one attached hydrogen (secondary N) is 1. The van der Waals surface area contributed by atoms with E-state index < -0.39 is 0 Å². The van der Waals surface area contributed by atoms with Gasteiger partial charge in [-0.25, -0.2) is 15.0 Å². The molecule has 1 atom stereocenters. The number of hydrogen-bond acceptors (Lipinski definition) is 6. The minimum atomic E-state index is 0.312. The Hall–Kier alpha value is -2.05. The summed E-state index contributed by atoms with van der Waals surface area (Å²) in [6.45, 7) is 4.91. The highest BCUT2D eigenvalue weighted by Gasteiger charge is 2.34. The molecule has 6 nitrogen and oxygen atoms in total. The van der Waals surface area contributed by atoms with Crippen LogP contribution in [0, 0.1) is 6.92 Å². The number of likely N-dealkylation sites (tertiary alicyclic amines) is 1. The number of aromatic nitrogens is 3. The molecule has 0 saturated carbocycles. The van der Waals surface area contributed by atoms with Gasteiger partial charge in [0.05, 0.1) is 6.04 Å². The molecule has 0 amide bonds. The Balaban J connectivity index is 1.56. The van der Waals surface area contributed by atoms with Crippen LogP contribution in [0.15, 0.2) is 30.5 Å². The molecule has 0 unspecified atom stereocenters. The Morgan fingerprint density at radius 1 is 1.12 bits per heavy atom. The third kappa shape index (κ3) is 3.80. The van der Waals surface area contributed by atoms with Gasteiger partial charge in [-0.05, 0) is 51.3 Å². The third-order valence-electron chi connectivity index (χ3n) is 5.04. The minimum Gasteiger partial charge on any atom is -0.381 e. The molecule has 2 aromatic rings. The molecular formula is C19H25N5O. The average molecular weight is 339 g/mol. The predicted octanol–water partition coefficient (Wildman–Crippen LogP) is 3.24. The van der Waals surface area contributed by atoms with E-state index >= 15 is 0 Å². The van der Waals surface area contributed by atoms with Gasteiger partial charge in [-0.1, -0.05) is 6.07 Å². The molecule has 4 rings (SSSR count). The van der Waals surface area contributed by atoms with Crippen molar-refractivity contribution >= 4 is 11.6 Å². The van der Waals surface area contributed by atoms with Crippen LogP contribution >= 0.6 is 0 Å². The van der Waals surface area contributed by atoms with Gasteiger partial charge < -0.3 is 10.1 Å². The first kappa shape index (κ1) is 16.4. The Labute approximate surface area is 148 Å². The lowest BCUT2D eigenvalue weighted by molar-refractivity contribution is 0.0279. The Morgan fingerprint density at radius 3 is 2.80 bits per heavy atom. The number of rotatable bonds is 4. The smallest absolute Gasteiger partial charge is 0.148 e. The van der Waals surface area contributed by atoms with Gasteiger partial charge >= 0.3 is 0 Å². The highest BCUT2D eigenvalue weighted by molar-refractivity contribution is 5.51. The Kier molecular flexibility index (Phi) is 4.90. The van der Waals surface area contributed by atoms with Crippen molar-refractivity contribution in [2.45, 2.75) is 44.7 Å². The van der Waals surface area contributed by atoms with Crippen molar-refractivity contribution in [1.82, 2.24) is 19.9 Å². The lowest BCUT2D eigenvalue weighted by Gasteiger charge is -2.34. The Bertz CT molecular complexity index is 702. The molecule has 0 radical (unpaired) electrons. The zero-order valence-electron chi connectivity index (χ0n) is 14.7. The first-order valence-electron chi connectivity index (χ1n) is 9.17. The molecule has 25 heavy (non-hydrogen) atoms. The first-order chi connectivity index (χ1) is 12.3. The standard InChI is InChI=1S/C19H25N5O/c1-14-13-18(22-17-6-2-3-9-20-17)23-19(21-14)16-5-4-10-24(16)15-7-11-25-12-8-15/h2-3,6,9,13,15-16H,4-5,7-8,10-12H2,1H3,(H,20,21,22,23)/t16-/m1/s1. The summed E-state index contributed by atoms with van der Waals surface area (Å²) in [5.74, 6) is 2.56. The predicted molar refractivity (Wildman–Crippen MR) is 96.8 cm³/mol. The zero-order chi connectivity index (χ0) is 17.1. The van der Waals surface area contributed by atoms with Gasteiger partial charge in [-0.2, -0.15) is 0 Å². The molecule has 6 heteroatoms. The maximum atomic E-state index is 5.53. The van der Waals surface area contributed by atoms with Gasteiger partial charge in [0, 0.05) is 37.2 Å². The Morgan fingerprint density at radius 2 is 2.00 bits per heavy atom. The summed E-state index contributed by atoms with van der Waals surface area (Å²) < 4.78 is 5.53. The van der Waals surface area contributed by atoms with E-state index in [0.717, 1.165) is 62.2 Å². The lowest BCUT2D eigenvalue weighted by atomic mass is 10.1. The molecule has 1 N–H and O–H groups in total. The fourth-order valence-corrected chi connectivity index (χ4v) is 3.89. The molecule has 132 valence electrons. The number of aryl methyl sites for hydroxylation is 1. The first-order valence-corrected chi connectivity index (χ1v) is 9.17. The van der Waals surface area contributed by atoms with E-state index in [2.05, 4.69) is 15.2 Å². The van der Waals surface area contributed by atoms with Crippen LogP contribution in [-0.4, -0.2) is 45.7 Å². The van der Waals surface area contributed by atoms with Crippen molar-refractivity contribution in [3.63, 3.8) is 0 Å². The summed E-state index contributed by atoms with van der Waals surface area (Å²) in [5.41, 5.74) is 0.988. The van der Waals surface area contributed by atoms with E-state index in [1.807, 2.05) is 31.2 Å². The molecule has 2 aromatic heterocycles. The highest BCUT2D eigenvalue weighted by Crippen LogP contribution is 2.35. The molecule has 0 bridgehead atoms. The van der Waals surface area contributed by atoms with Crippen LogP contribution < -0.4 is 5.32 Å². The van der Waals surface area contributed by atoms with Gasteiger partial charge in [0.2, 0.25) is 0 Å². The SMILES string of the molecule is Cc1cc(Nc2ccccn2)nc([C@H]2CCCN2C2CCOCC2)n1. The number of nitrogens with zero attached hydrogens (tertiary/aromatic N) is 4. The summed E-state index contributed by atoms with van der Waals surface area (Å²) in [5, 5.41) is 3.30. The van der Waals surface area contributed by atoms with Crippen LogP contribution in [0.5, 0.6) is 0 Å². The normalized spacial score (nSPS) is 22.2. The van der Waals surface area contributed by atoms with Crippen molar-refractivity contribution in [2.24, 2.45) is 0 Å². The van der Waals surface area contributed by atoms with Crippen molar-refractivity contribution in [3.8, 4) is 0 Å². The number of hydrogen-bond donors (Lipinski definition) is 1. The van der Waals surface area contributed by atoms with Gasteiger partial charge in [0.15, 0.2) is 0 Å². The third-order valence-corrected chi connectivity index (χ3v) is 5.04. The van der Waals surface area contributed by atoms with Crippen LogP contribution in [0.25, 0.3) is 0 Å². The van der Waals surface area contributed by atoms with Crippen LogP contribution in [0.3, 0.4) is 0 Å². The maximum Gasteiger partial charge on any atom is 0.148 e. The summed E-state index contributed by atoms with van der Waals surface area (Å²) in [4.78, 5) is 16.5. The molecule has 2 fully saturated rings. The van der Waals surface area contributed by atoms with Gasteiger partial charge in [0.25, 0.3) is 0 Å². The van der Waals surface area contributed by atoms with Crippen LogP contribution in [0.4, 0.5) is 11.6 Å². The topological polar surface area (TPSA) is 63.2 Å². The van der Waals surface area contributed by atoms with Crippen LogP contribution in [-0.2, 0) is 4.74 Å². The van der Waals surface area contributed by atoms with Gasteiger partial charge in [0.1, 0.15) is 17.5 Å². The van der Waals surface area contributed by atoms with Crippen molar-refractivity contribution in [2.75, 3.05) is 25.1 Å². The zero-order valence-corrected chi connectivity index (χ0v) is 14.7. The molecule has 2 saturated heterocycles. The fourth-order valence-electron chi connectivity index (χ4n) is 3.89. The molecule has 0 aliphatic carbocycles. The monoisotopic (exact) mass is 339 g/mol. The summed E-state index contributed by atoms with van der Waals surface area (Å²) in [6.07, 6.45) is 6.34. The van der Waals surface area contributed by atoms with Crippen molar-refractivity contribution < 1.29 is 4.74 Å². The molecule has 2 aliphatic rings. The van der Waals surface area contributed by atoms with Crippen LogP contribution in [0.2, 0.25) is 0 Å². The second kappa shape index (κ2) is 7.45. The summed E-state index contributed by atoms with van der Waals surface area (Å²) in [6, 6.07) is 8.71. The van der Waals surface area contributed by atoms with Gasteiger partial charge in [-0.3, -0.25) is 4.90 Å². The summed E-state index contributed by atoms with van der Waals surface area (Å²) in [7, 11) is 0. The number of pyridine rings is 1. The lowest BCUT2D eigenvalue weighted by Crippen LogP contribution is -2.39. The van der Waals surface area contributed by atoms with E-state index in [4.69, 9.17) is 14.7 Å². The van der Waals surface area contributed by atoms with Gasteiger partial charge in [-0.15, -0.1) is 0 Å². The number of ether oxygens (including phenoxy) is 1. The number of anilines is 2. The largest absolute Gasteiger partial charge is 0.381 e.